The molecule has 1 nitrogen and oxygen atoms in total. The first-order chi connectivity index (χ1) is 8.69. The molecule has 0 unspecified atom stereocenters. The van der Waals surface area contributed by atoms with Crippen LogP contribution in [0.25, 0.3) is 0 Å². The van der Waals surface area contributed by atoms with E-state index in [0.717, 1.165) is 26.4 Å². The number of hydrogen-bond donors (Lipinski definition) is 0. The maximum absolute atomic E-state index is 5.83. The lowest BCUT2D eigenvalue weighted by molar-refractivity contribution is 0.304. The van der Waals surface area contributed by atoms with Crippen molar-refractivity contribution in [1.29, 1.82) is 0 Å². The highest BCUT2D eigenvalue weighted by atomic mass is 79.9. The van der Waals surface area contributed by atoms with Gasteiger partial charge in [-0.3, -0.25) is 0 Å². The number of halogens is 3. The third kappa shape index (κ3) is 3.64. The highest BCUT2D eigenvalue weighted by Crippen LogP contribution is 2.27. The Morgan fingerprint density at radius 3 is 2.28 bits per heavy atom. The second-order valence-electron chi connectivity index (χ2n) is 3.81. The predicted octanol–water partition coefficient (Wildman–Crippen LogP) is 5.42. The molecule has 18 heavy (non-hydrogen) atoms. The Kier molecular flexibility index (Phi) is 4.93. The van der Waals surface area contributed by atoms with E-state index < -0.39 is 0 Å². The van der Waals surface area contributed by atoms with Crippen LogP contribution in [0.4, 0.5) is 0 Å². The molecule has 0 bridgehead atoms. The van der Waals surface area contributed by atoms with Crippen molar-refractivity contribution in [1.82, 2.24) is 0 Å². The van der Waals surface area contributed by atoms with Gasteiger partial charge in [-0.25, -0.2) is 0 Å². The van der Waals surface area contributed by atoms with E-state index in [1.165, 1.54) is 0 Å². The third-order valence-corrected chi connectivity index (χ3v) is 3.64. The second kappa shape index (κ2) is 6.46. The zero-order valence-corrected chi connectivity index (χ0v) is 12.6. The minimum atomic E-state index is 0.496. The highest BCUT2D eigenvalue weighted by molar-refractivity contribution is 9.10. The van der Waals surface area contributed by atoms with Gasteiger partial charge < -0.3 is 4.74 Å². The van der Waals surface area contributed by atoms with Crippen LogP contribution in [-0.4, -0.2) is 0 Å². The monoisotopic (exact) mass is 344 g/mol. The molecular weight excluding hydrogens is 335 g/mol. The summed E-state index contributed by atoms with van der Waals surface area (Å²) in [6.45, 7) is 0.510. The molecule has 0 fully saturated rings. The van der Waals surface area contributed by atoms with Gasteiger partial charge in [0.2, 0.25) is 0 Å². The van der Waals surface area contributed by atoms with Gasteiger partial charge in [0.1, 0.15) is 12.4 Å². The molecule has 0 atom stereocenters. The summed E-state index contributed by atoms with van der Waals surface area (Å²) in [5, 5.41) is 0.728. The Labute approximate surface area is 125 Å². The van der Waals surface area contributed by atoms with E-state index in [9.17, 15) is 0 Å². The molecule has 2 rings (SSSR count). The molecular formula is C14H11BrCl2O. The van der Waals surface area contributed by atoms with E-state index >= 15 is 0 Å². The van der Waals surface area contributed by atoms with Crippen molar-refractivity contribution in [3.63, 3.8) is 0 Å². The van der Waals surface area contributed by atoms with E-state index in [-0.39, 0.29) is 0 Å². The lowest BCUT2D eigenvalue weighted by Crippen LogP contribution is -1.96. The number of hydrogen-bond acceptors (Lipinski definition) is 1. The number of rotatable bonds is 4. The fourth-order valence-electron chi connectivity index (χ4n) is 1.49. The fraction of sp³-hybridized carbons (Fsp3) is 0.143. The molecule has 2 aromatic rings. The van der Waals surface area contributed by atoms with Crippen molar-refractivity contribution in [2.24, 2.45) is 0 Å². The van der Waals surface area contributed by atoms with Crippen molar-refractivity contribution < 1.29 is 4.74 Å². The Morgan fingerprint density at radius 1 is 1.00 bits per heavy atom. The molecule has 0 heterocycles. The standard InChI is InChI=1S/C14H11BrCl2O/c15-13-7-11(8-16)3-6-14(13)18-9-10-1-4-12(17)5-2-10/h1-7H,8-9H2. The molecule has 94 valence electrons. The van der Waals surface area contributed by atoms with Crippen LogP contribution in [0, 0.1) is 0 Å². The molecule has 0 spiro atoms. The van der Waals surface area contributed by atoms with Crippen LogP contribution in [0.1, 0.15) is 11.1 Å². The SMILES string of the molecule is ClCc1ccc(OCc2ccc(Cl)cc2)c(Br)c1. The average molecular weight is 346 g/mol. The molecule has 0 saturated heterocycles. The molecule has 0 saturated carbocycles. The minimum Gasteiger partial charge on any atom is -0.488 e. The van der Waals surface area contributed by atoms with Gasteiger partial charge in [-0.15, -0.1) is 11.6 Å². The van der Waals surface area contributed by atoms with Crippen molar-refractivity contribution >= 4 is 39.1 Å². The van der Waals surface area contributed by atoms with Gasteiger partial charge in [0.05, 0.1) is 4.47 Å². The number of alkyl halides is 1. The zero-order valence-electron chi connectivity index (χ0n) is 9.50. The van der Waals surface area contributed by atoms with Crippen LogP contribution in [-0.2, 0) is 12.5 Å². The molecule has 0 amide bonds. The Bertz CT molecular complexity index is 526. The average Bonchev–Trinajstić information content (AvgIpc) is 2.39. The first-order valence-corrected chi connectivity index (χ1v) is 7.11. The first-order valence-electron chi connectivity index (χ1n) is 5.40. The summed E-state index contributed by atoms with van der Waals surface area (Å²) in [4.78, 5) is 0. The van der Waals surface area contributed by atoms with E-state index in [1.54, 1.807) is 0 Å². The molecule has 4 heteroatoms. The van der Waals surface area contributed by atoms with E-state index in [4.69, 9.17) is 27.9 Å². The predicted molar refractivity (Wildman–Crippen MR) is 79.5 cm³/mol. The smallest absolute Gasteiger partial charge is 0.134 e. The van der Waals surface area contributed by atoms with Gasteiger partial charge in [0.25, 0.3) is 0 Å². The molecule has 0 aliphatic heterocycles. The molecule has 0 aliphatic rings. The van der Waals surface area contributed by atoms with Crippen molar-refractivity contribution in [2.75, 3.05) is 0 Å². The fourth-order valence-corrected chi connectivity index (χ4v) is 2.32. The lowest BCUT2D eigenvalue weighted by Gasteiger charge is -2.09. The van der Waals surface area contributed by atoms with E-state index in [0.29, 0.717) is 12.5 Å². The van der Waals surface area contributed by atoms with Crippen LogP contribution in [0.3, 0.4) is 0 Å². The van der Waals surface area contributed by atoms with Crippen LogP contribution in [0.15, 0.2) is 46.9 Å². The van der Waals surface area contributed by atoms with Crippen LogP contribution in [0.2, 0.25) is 5.02 Å². The normalized spacial score (nSPS) is 10.4. The molecule has 0 N–H and O–H groups in total. The Morgan fingerprint density at radius 2 is 1.67 bits per heavy atom. The Hall–Kier alpha value is -0.700. The topological polar surface area (TPSA) is 9.23 Å². The van der Waals surface area contributed by atoms with Crippen molar-refractivity contribution in [3.8, 4) is 5.75 Å². The number of ether oxygens (including phenoxy) is 1. The molecule has 0 aromatic heterocycles. The molecule has 2 aromatic carbocycles. The summed E-state index contributed by atoms with van der Waals surface area (Å²) in [6, 6.07) is 13.4. The van der Waals surface area contributed by atoms with Gasteiger partial charge in [0, 0.05) is 10.9 Å². The molecule has 0 radical (unpaired) electrons. The second-order valence-corrected chi connectivity index (χ2v) is 5.37. The van der Waals surface area contributed by atoms with Crippen LogP contribution >= 0.6 is 39.1 Å². The van der Waals surface area contributed by atoms with Gasteiger partial charge in [0.15, 0.2) is 0 Å². The van der Waals surface area contributed by atoms with Crippen LogP contribution in [0.5, 0.6) is 5.75 Å². The maximum atomic E-state index is 5.83. The van der Waals surface area contributed by atoms with E-state index in [2.05, 4.69) is 15.9 Å². The van der Waals surface area contributed by atoms with Gasteiger partial charge in [-0.1, -0.05) is 29.8 Å². The largest absolute Gasteiger partial charge is 0.488 e. The van der Waals surface area contributed by atoms with Crippen LogP contribution < -0.4 is 4.74 Å². The lowest BCUT2D eigenvalue weighted by atomic mass is 10.2. The summed E-state index contributed by atoms with van der Waals surface area (Å²) < 4.78 is 6.64. The van der Waals surface area contributed by atoms with E-state index in [1.807, 2.05) is 42.5 Å². The minimum absolute atomic E-state index is 0.496. The Balaban J connectivity index is 2.04. The quantitative estimate of drug-likeness (QED) is 0.672. The summed E-state index contributed by atoms with van der Waals surface area (Å²) in [5.41, 5.74) is 2.13. The third-order valence-electron chi connectivity index (χ3n) is 2.46. The molecule has 0 aliphatic carbocycles. The maximum Gasteiger partial charge on any atom is 0.134 e. The van der Waals surface area contributed by atoms with Crippen molar-refractivity contribution in [2.45, 2.75) is 12.5 Å². The number of benzene rings is 2. The van der Waals surface area contributed by atoms with Gasteiger partial charge in [-0.2, -0.15) is 0 Å². The first kappa shape index (κ1) is 13.7. The van der Waals surface area contributed by atoms with Gasteiger partial charge >= 0.3 is 0 Å². The summed E-state index contributed by atoms with van der Waals surface area (Å²) in [6.07, 6.45) is 0. The highest BCUT2D eigenvalue weighted by Gasteiger charge is 2.03. The zero-order chi connectivity index (χ0) is 13.0. The summed E-state index contributed by atoms with van der Waals surface area (Å²) in [5.74, 6) is 1.30. The van der Waals surface area contributed by atoms with Gasteiger partial charge in [-0.05, 0) is 51.3 Å². The van der Waals surface area contributed by atoms with Crippen molar-refractivity contribution in [3.05, 3.63) is 63.1 Å². The summed E-state index contributed by atoms with van der Waals surface area (Å²) >= 11 is 15.1. The summed E-state index contributed by atoms with van der Waals surface area (Å²) in [7, 11) is 0.